The van der Waals surface area contributed by atoms with E-state index in [4.69, 9.17) is 4.74 Å². The molecule has 34 heavy (non-hydrogen) atoms. The number of nitro groups is 1. The second kappa shape index (κ2) is 11.6. The Bertz CT molecular complexity index is 1110. The Labute approximate surface area is 203 Å². The van der Waals surface area contributed by atoms with E-state index in [9.17, 15) is 14.9 Å². The molecule has 3 rings (SSSR count). The maximum absolute atomic E-state index is 12.7. The first-order valence-corrected chi connectivity index (χ1v) is 12.0. The van der Waals surface area contributed by atoms with Crippen molar-refractivity contribution in [3.05, 3.63) is 70.0 Å². The van der Waals surface area contributed by atoms with E-state index in [1.807, 2.05) is 28.8 Å². The predicted octanol–water partition coefficient (Wildman–Crippen LogP) is 5.10. The van der Waals surface area contributed by atoms with Crippen LogP contribution >= 0.6 is 11.8 Å². The Morgan fingerprint density at radius 1 is 1.12 bits per heavy atom. The molecule has 1 amide bonds. The van der Waals surface area contributed by atoms with Gasteiger partial charge in [-0.05, 0) is 49.1 Å². The van der Waals surface area contributed by atoms with E-state index in [1.54, 1.807) is 6.92 Å². The second-order valence-electron chi connectivity index (χ2n) is 8.24. The molecule has 180 valence electrons. The summed E-state index contributed by atoms with van der Waals surface area (Å²) in [6.07, 6.45) is 0.972. The summed E-state index contributed by atoms with van der Waals surface area (Å²) in [7, 11) is 0. The average Bonchev–Trinajstić information content (AvgIpc) is 3.18. The molecule has 0 radical (unpaired) electrons. The fourth-order valence-corrected chi connectivity index (χ4v) is 4.03. The van der Waals surface area contributed by atoms with Crippen LogP contribution < -0.4 is 10.1 Å². The van der Waals surface area contributed by atoms with E-state index >= 15 is 0 Å². The summed E-state index contributed by atoms with van der Waals surface area (Å²) in [5, 5.41) is 22.4. The van der Waals surface area contributed by atoms with Gasteiger partial charge in [-0.1, -0.05) is 44.7 Å². The topological polar surface area (TPSA) is 112 Å². The Kier molecular flexibility index (Phi) is 8.64. The highest BCUT2D eigenvalue weighted by Gasteiger charge is 2.21. The molecule has 1 unspecified atom stereocenters. The van der Waals surface area contributed by atoms with Crippen molar-refractivity contribution in [2.24, 2.45) is 5.92 Å². The molecule has 1 aromatic heterocycles. The smallest absolute Gasteiger partial charge is 0.269 e. The van der Waals surface area contributed by atoms with E-state index in [0.29, 0.717) is 29.1 Å². The number of carbonyl (C=O) groups is 1. The first-order chi connectivity index (χ1) is 16.3. The molecule has 0 fully saturated rings. The average molecular weight is 484 g/mol. The number of nitrogens with zero attached hydrogens (tertiary/aromatic N) is 4. The van der Waals surface area contributed by atoms with Crippen molar-refractivity contribution in [1.82, 2.24) is 14.8 Å². The van der Waals surface area contributed by atoms with Crippen molar-refractivity contribution in [2.45, 2.75) is 57.7 Å². The van der Waals surface area contributed by atoms with Crippen LogP contribution in [0, 0.1) is 16.0 Å². The minimum atomic E-state index is -0.479. The molecule has 0 spiro atoms. The van der Waals surface area contributed by atoms with Crippen molar-refractivity contribution < 1.29 is 14.5 Å². The van der Waals surface area contributed by atoms with Crippen LogP contribution in [0.3, 0.4) is 0 Å². The number of aromatic nitrogens is 3. The maximum Gasteiger partial charge on any atom is 0.269 e. The first kappa shape index (κ1) is 25.2. The molecule has 0 saturated carbocycles. The lowest BCUT2D eigenvalue weighted by atomic mass is 10.2. The number of amides is 1. The fourth-order valence-electron chi connectivity index (χ4n) is 3.15. The number of ether oxygens (including phenoxy) is 1. The summed E-state index contributed by atoms with van der Waals surface area (Å²) < 4.78 is 7.92. The molecule has 1 atom stereocenters. The largest absolute Gasteiger partial charge is 0.486 e. The fraction of sp³-hybridized carbons (Fsp3) is 0.375. The Hall–Kier alpha value is -3.40. The zero-order valence-electron chi connectivity index (χ0n) is 19.7. The van der Waals surface area contributed by atoms with Crippen LogP contribution in [0.15, 0.2) is 53.7 Å². The minimum Gasteiger partial charge on any atom is -0.486 e. The standard InChI is InChI=1S/C24H29N5O4S/c1-5-18-6-12-21(13-7-18)33-15-22-26-27-24(28(22)14-16(2)3)34-17(4)23(30)25-19-8-10-20(11-9-19)29(31)32/h6-13,16-17H,5,14-15H2,1-4H3,(H,25,30). The lowest BCUT2D eigenvalue weighted by Crippen LogP contribution is -2.23. The molecule has 1 heterocycles. The molecular formula is C24H29N5O4S. The van der Waals surface area contributed by atoms with Gasteiger partial charge < -0.3 is 14.6 Å². The van der Waals surface area contributed by atoms with Crippen LogP contribution in [-0.4, -0.2) is 30.8 Å². The van der Waals surface area contributed by atoms with Crippen molar-refractivity contribution in [3.63, 3.8) is 0 Å². The third-order valence-corrected chi connectivity index (χ3v) is 6.12. The lowest BCUT2D eigenvalue weighted by molar-refractivity contribution is -0.384. The molecule has 0 aliphatic rings. The highest BCUT2D eigenvalue weighted by molar-refractivity contribution is 8.00. The summed E-state index contributed by atoms with van der Waals surface area (Å²) in [6, 6.07) is 13.7. The van der Waals surface area contributed by atoms with Crippen LogP contribution in [0.2, 0.25) is 0 Å². The maximum atomic E-state index is 12.7. The third-order valence-electron chi connectivity index (χ3n) is 5.04. The van der Waals surface area contributed by atoms with Crippen LogP contribution in [0.1, 0.15) is 39.1 Å². The van der Waals surface area contributed by atoms with E-state index < -0.39 is 10.2 Å². The van der Waals surface area contributed by atoms with Crippen molar-refractivity contribution >= 4 is 29.0 Å². The minimum absolute atomic E-state index is 0.0294. The van der Waals surface area contributed by atoms with Crippen molar-refractivity contribution in [1.29, 1.82) is 0 Å². The van der Waals surface area contributed by atoms with E-state index in [2.05, 4.69) is 36.3 Å². The van der Waals surface area contributed by atoms with Gasteiger partial charge in [-0.2, -0.15) is 0 Å². The molecule has 0 aliphatic carbocycles. The number of non-ortho nitro benzene ring substituents is 1. The number of nitrogens with one attached hydrogen (secondary N) is 1. The molecule has 10 heteroatoms. The van der Waals surface area contributed by atoms with Gasteiger partial charge in [-0.25, -0.2) is 0 Å². The van der Waals surface area contributed by atoms with Gasteiger partial charge in [-0.3, -0.25) is 14.9 Å². The summed E-state index contributed by atoms with van der Waals surface area (Å²) in [5.74, 6) is 1.58. The van der Waals surface area contributed by atoms with Crippen molar-refractivity contribution in [3.8, 4) is 5.75 Å². The highest BCUT2D eigenvalue weighted by atomic mass is 32.2. The zero-order chi connectivity index (χ0) is 24.7. The van der Waals surface area contributed by atoms with E-state index in [0.717, 1.165) is 12.2 Å². The second-order valence-corrected chi connectivity index (χ2v) is 9.55. The van der Waals surface area contributed by atoms with Gasteiger partial charge in [0.15, 0.2) is 11.0 Å². The number of hydrogen-bond acceptors (Lipinski definition) is 7. The third kappa shape index (κ3) is 6.80. The molecule has 9 nitrogen and oxygen atoms in total. The number of hydrogen-bond donors (Lipinski definition) is 1. The van der Waals surface area contributed by atoms with Gasteiger partial charge in [0, 0.05) is 24.4 Å². The van der Waals surface area contributed by atoms with Crippen molar-refractivity contribution in [2.75, 3.05) is 5.32 Å². The first-order valence-electron chi connectivity index (χ1n) is 11.1. The number of aryl methyl sites for hydroxylation is 1. The monoisotopic (exact) mass is 483 g/mol. The van der Waals surface area contributed by atoms with Crippen LogP contribution in [0.5, 0.6) is 5.75 Å². The Morgan fingerprint density at radius 3 is 2.38 bits per heavy atom. The predicted molar refractivity (Wildman–Crippen MR) is 132 cm³/mol. The number of nitro benzene ring substituents is 1. The molecule has 0 bridgehead atoms. The highest BCUT2D eigenvalue weighted by Crippen LogP contribution is 2.25. The number of benzene rings is 2. The number of thioether (sulfide) groups is 1. The summed E-state index contributed by atoms with van der Waals surface area (Å²) >= 11 is 1.31. The SMILES string of the molecule is CCc1ccc(OCc2nnc(SC(C)C(=O)Nc3ccc([N+](=O)[O-])cc3)n2CC(C)C)cc1. The molecule has 2 aromatic carbocycles. The lowest BCUT2D eigenvalue weighted by Gasteiger charge is -2.15. The quantitative estimate of drug-likeness (QED) is 0.229. The number of rotatable bonds is 11. The summed E-state index contributed by atoms with van der Waals surface area (Å²) in [6.45, 7) is 9.07. The molecular weight excluding hydrogens is 454 g/mol. The molecule has 0 saturated heterocycles. The Morgan fingerprint density at radius 2 is 1.79 bits per heavy atom. The van der Waals surface area contributed by atoms with Crippen LogP contribution in [0.4, 0.5) is 11.4 Å². The summed E-state index contributed by atoms with van der Waals surface area (Å²) in [4.78, 5) is 23.0. The number of carbonyl (C=O) groups excluding carboxylic acids is 1. The molecule has 1 N–H and O–H groups in total. The molecule has 3 aromatic rings. The van der Waals surface area contributed by atoms with Gasteiger partial charge in [-0.15, -0.1) is 10.2 Å². The number of anilines is 1. The Balaban J connectivity index is 1.66. The summed E-state index contributed by atoms with van der Waals surface area (Å²) in [5.41, 5.74) is 1.71. The van der Waals surface area contributed by atoms with Gasteiger partial charge in [0.2, 0.25) is 5.91 Å². The normalized spacial score (nSPS) is 11.9. The van der Waals surface area contributed by atoms with Gasteiger partial charge >= 0.3 is 0 Å². The van der Waals surface area contributed by atoms with E-state index in [-0.39, 0.29) is 18.2 Å². The van der Waals surface area contributed by atoms with Gasteiger partial charge in [0.25, 0.3) is 5.69 Å². The van der Waals surface area contributed by atoms with Gasteiger partial charge in [0.05, 0.1) is 10.2 Å². The zero-order valence-corrected chi connectivity index (χ0v) is 20.5. The van der Waals surface area contributed by atoms with Gasteiger partial charge in [0.1, 0.15) is 12.4 Å². The molecule has 0 aliphatic heterocycles. The van der Waals surface area contributed by atoms with Crippen LogP contribution in [0.25, 0.3) is 0 Å². The van der Waals surface area contributed by atoms with Crippen LogP contribution in [-0.2, 0) is 24.4 Å². The van der Waals surface area contributed by atoms with E-state index in [1.165, 1.54) is 41.6 Å².